The third-order valence-electron chi connectivity index (χ3n) is 4.54. The van der Waals surface area contributed by atoms with E-state index in [1.54, 1.807) is 12.1 Å². The minimum absolute atomic E-state index is 0.0546. The van der Waals surface area contributed by atoms with E-state index in [2.05, 4.69) is 4.98 Å². The van der Waals surface area contributed by atoms with Crippen molar-refractivity contribution < 1.29 is 18.7 Å². The average Bonchev–Trinajstić information content (AvgIpc) is 3.47. The minimum atomic E-state index is -0.598. The first-order chi connectivity index (χ1) is 13.6. The van der Waals surface area contributed by atoms with Crippen molar-refractivity contribution in [2.24, 2.45) is 0 Å². The molecule has 0 saturated carbocycles. The van der Waals surface area contributed by atoms with Crippen molar-refractivity contribution in [2.75, 3.05) is 6.54 Å². The fourth-order valence-electron chi connectivity index (χ4n) is 3.17. The summed E-state index contributed by atoms with van der Waals surface area (Å²) in [5.41, 5.74) is 1.49. The number of hydrogen-bond acceptors (Lipinski definition) is 6. The van der Waals surface area contributed by atoms with Crippen LogP contribution in [0.2, 0.25) is 5.02 Å². The van der Waals surface area contributed by atoms with Gasteiger partial charge in [0.2, 0.25) is 0 Å². The van der Waals surface area contributed by atoms with Gasteiger partial charge in [0.05, 0.1) is 17.0 Å². The van der Waals surface area contributed by atoms with E-state index in [0.717, 1.165) is 17.0 Å². The van der Waals surface area contributed by atoms with Crippen LogP contribution >= 0.6 is 22.9 Å². The molecule has 1 aromatic carbocycles. The number of aromatic nitrogens is 1. The Bertz CT molecular complexity index is 986. The first-order valence-corrected chi connectivity index (χ1v) is 10.1. The second-order valence-corrected chi connectivity index (χ2v) is 7.63. The van der Waals surface area contributed by atoms with Gasteiger partial charge in [-0.05, 0) is 31.0 Å². The van der Waals surface area contributed by atoms with E-state index in [4.69, 9.17) is 20.8 Å². The standard InChI is InChI=1S/C20H17ClN2O4S/c21-15-6-2-1-5-14(15)18-22-13(12-28-18)11-27-20(25)16-7-3-9-23(16)19(24)17-8-4-10-26-17/h1-2,4-6,8,10,12,16H,3,7,9,11H2. The van der Waals surface area contributed by atoms with Gasteiger partial charge in [-0.1, -0.05) is 29.8 Å². The second kappa shape index (κ2) is 8.16. The van der Waals surface area contributed by atoms with Gasteiger partial charge in [0.25, 0.3) is 5.91 Å². The lowest BCUT2D eigenvalue weighted by Crippen LogP contribution is -2.41. The van der Waals surface area contributed by atoms with Crippen molar-refractivity contribution in [1.82, 2.24) is 9.88 Å². The van der Waals surface area contributed by atoms with Crippen LogP contribution in [0.5, 0.6) is 0 Å². The number of carbonyl (C=O) groups excluding carboxylic acids is 2. The second-order valence-electron chi connectivity index (χ2n) is 6.37. The molecule has 1 unspecified atom stereocenters. The van der Waals surface area contributed by atoms with Gasteiger partial charge in [0.1, 0.15) is 17.7 Å². The van der Waals surface area contributed by atoms with Crippen LogP contribution in [0.15, 0.2) is 52.5 Å². The van der Waals surface area contributed by atoms with E-state index < -0.39 is 12.0 Å². The summed E-state index contributed by atoms with van der Waals surface area (Å²) in [5, 5.41) is 3.23. The molecule has 1 amide bonds. The number of amides is 1. The molecule has 0 aliphatic carbocycles. The third-order valence-corrected chi connectivity index (χ3v) is 5.79. The van der Waals surface area contributed by atoms with Crippen molar-refractivity contribution in [3.8, 4) is 10.6 Å². The van der Waals surface area contributed by atoms with Gasteiger partial charge in [0, 0.05) is 17.5 Å². The highest BCUT2D eigenvalue weighted by atomic mass is 35.5. The van der Waals surface area contributed by atoms with Gasteiger partial charge in [-0.3, -0.25) is 4.79 Å². The lowest BCUT2D eigenvalue weighted by Gasteiger charge is -2.22. The van der Waals surface area contributed by atoms with E-state index in [0.29, 0.717) is 23.7 Å². The summed E-state index contributed by atoms with van der Waals surface area (Å²) in [6, 6.07) is 10.1. The topological polar surface area (TPSA) is 72.6 Å². The number of rotatable bonds is 5. The Hall–Kier alpha value is -2.64. The molecule has 3 heterocycles. The molecule has 2 aromatic heterocycles. The molecule has 1 aliphatic heterocycles. The van der Waals surface area contributed by atoms with Crippen molar-refractivity contribution in [3.63, 3.8) is 0 Å². The molecule has 1 fully saturated rings. The van der Waals surface area contributed by atoms with E-state index in [9.17, 15) is 9.59 Å². The van der Waals surface area contributed by atoms with Crippen molar-refractivity contribution in [3.05, 3.63) is 64.5 Å². The number of thiazole rings is 1. The van der Waals surface area contributed by atoms with Crippen molar-refractivity contribution in [2.45, 2.75) is 25.5 Å². The zero-order chi connectivity index (χ0) is 19.5. The summed E-state index contributed by atoms with van der Waals surface area (Å²) in [6.45, 7) is 0.561. The van der Waals surface area contributed by atoms with Gasteiger partial charge in [-0.25, -0.2) is 9.78 Å². The maximum absolute atomic E-state index is 12.5. The third kappa shape index (κ3) is 3.81. The van der Waals surface area contributed by atoms with Crippen LogP contribution in [0.1, 0.15) is 29.1 Å². The summed E-state index contributed by atoms with van der Waals surface area (Å²) in [4.78, 5) is 31.0. The number of halogens is 1. The van der Waals surface area contributed by atoms with Crippen LogP contribution in [0, 0.1) is 0 Å². The monoisotopic (exact) mass is 416 g/mol. The van der Waals surface area contributed by atoms with Crippen molar-refractivity contribution >= 4 is 34.8 Å². The van der Waals surface area contributed by atoms with Gasteiger partial charge in [-0.2, -0.15) is 0 Å². The molecule has 6 nitrogen and oxygen atoms in total. The molecule has 28 heavy (non-hydrogen) atoms. The molecule has 1 atom stereocenters. The number of likely N-dealkylation sites (tertiary alicyclic amines) is 1. The van der Waals surface area contributed by atoms with Crippen LogP contribution < -0.4 is 0 Å². The van der Waals surface area contributed by atoms with E-state index in [1.165, 1.54) is 22.5 Å². The maximum atomic E-state index is 12.5. The number of benzene rings is 1. The zero-order valence-electron chi connectivity index (χ0n) is 14.8. The first kappa shape index (κ1) is 18.7. The Labute approximate surface area is 170 Å². The van der Waals surface area contributed by atoms with Gasteiger partial charge < -0.3 is 14.1 Å². The molecule has 4 rings (SSSR count). The Morgan fingerprint density at radius 2 is 2.14 bits per heavy atom. The predicted molar refractivity (Wildman–Crippen MR) is 105 cm³/mol. The molecule has 144 valence electrons. The SMILES string of the molecule is O=C(OCc1csc(-c2ccccc2Cl)n1)C1CCCN1C(=O)c1ccco1. The summed E-state index contributed by atoms with van der Waals surface area (Å²) in [6.07, 6.45) is 2.77. The van der Waals surface area contributed by atoms with E-state index in [-0.39, 0.29) is 18.3 Å². The van der Waals surface area contributed by atoms with Crippen LogP contribution in [-0.2, 0) is 16.1 Å². The quantitative estimate of drug-likeness (QED) is 0.576. The molecule has 0 spiro atoms. The molecule has 0 radical (unpaired) electrons. The Morgan fingerprint density at radius 1 is 1.29 bits per heavy atom. The molecule has 8 heteroatoms. The fraction of sp³-hybridized carbons (Fsp3) is 0.250. The van der Waals surface area contributed by atoms with Crippen LogP contribution in [0.25, 0.3) is 10.6 Å². The van der Waals surface area contributed by atoms with Gasteiger partial charge in [-0.15, -0.1) is 11.3 Å². The Morgan fingerprint density at radius 3 is 2.93 bits per heavy atom. The average molecular weight is 417 g/mol. The number of nitrogens with zero attached hydrogens (tertiary/aromatic N) is 2. The van der Waals surface area contributed by atoms with E-state index in [1.807, 2.05) is 29.6 Å². The Kier molecular flexibility index (Phi) is 5.45. The highest BCUT2D eigenvalue weighted by Gasteiger charge is 2.36. The van der Waals surface area contributed by atoms with E-state index >= 15 is 0 Å². The first-order valence-electron chi connectivity index (χ1n) is 8.84. The molecule has 0 N–H and O–H groups in total. The summed E-state index contributed by atoms with van der Waals surface area (Å²) in [5.74, 6) is -0.493. The zero-order valence-corrected chi connectivity index (χ0v) is 16.4. The molecule has 1 aliphatic rings. The fourth-order valence-corrected chi connectivity index (χ4v) is 4.29. The number of esters is 1. The minimum Gasteiger partial charge on any atom is -0.459 e. The number of ether oxygens (including phenoxy) is 1. The largest absolute Gasteiger partial charge is 0.459 e. The molecule has 3 aromatic rings. The van der Waals surface area contributed by atoms with Crippen LogP contribution in [-0.4, -0.2) is 34.3 Å². The van der Waals surface area contributed by atoms with Crippen molar-refractivity contribution in [1.29, 1.82) is 0 Å². The highest BCUT2D eigenvalue weighted by Crippen LogP contribution is 2.30. The summed E-state index contributed by atoms with van der Waals surface area (Å²) >= 11 is 7.65. The molecule has 0 bridgehead atoms. The maximum Gasteiger partial charge on any atom is 0.329 e. The summed E-state index contributed by atoms with van der Waals surface area (Å²) in [7, 11) is 0. The molecule has 1 saturated heterocycles. The van der Waals surface area contributed by atoms with Crippen LogP contribution in [0.4, 0.5) is 0 Å². The Balaban J connectivity index is 1.39. The number of hydrogen-bond donors (Lipinski definition) is 0. The lowest BCUT2D eigenvalue weighted by atomic mass is 10.2. The lowest BCUT2D eigenvalue weighted by molar-refractivity contribution is -0.149. The molecular weight excluding hydrogens is 400 g/mol. The normalized spacial score (nSPS) is 16.3. The smallest absolute Gasteiger partial charge is 0.329 e. The number of carbonyl (C=O) groups is 2. The van der Waals surface area contributed by atoms with Crippen LogP contribution in [0.3, 0.4) is 0 Å². The number of furan rings is 1. The van der Waals surface area contributed by atoms with Gasteiger partial charge in [0.15, 0.2) is 5.76 Å². The molecular formula is C20H17ClN2O4S. The van der Waals surface area contributed by atoms with Gasteiger partial charge >= 0.3 is 5.97 Å². The predicted octanol–water partition coefficient (Wildman–Crippen LogP) is 4.40. The highest BCUT2D eigenvalue weighted by molar-refractivity contribution is 7.13. The summed E-state index contributed by atoms with van der Waals surface area (Å²) < 4.78 is 10.6.